The molecule has 0 bridgehead atoms. The van der Waals surface area contributed by atoms with Gasteiger partial charge in [0.1, 0.15) is 12.3 Å². The van der Waals surface area contributed by atoms with Crippen molar-refractivity contribution in [1.82, 2.24) is 10.2 Å². The molecule has 0 unspecified atom stereocenters. The third-order valence-corrected chi connectivity index (χ3v) is 8.24. The van der Waals surface area contributed by atoms with Crippen molar-refractivity contribution in [3.63, 3.8) is 0 Å². The van der Waals surface area contributed by atoms with Gasteiger partial charge in [-0.05, 0) is 38.1 Å². The van der Waals surface area contributed by atoms with E-state index in [1.54, 1.807) is 43.3 Å². The minimum atomic E-state index is -4.11. The molecular formula is C22H24N4O6S3. The number of methoxy groups -OCH3 is 1. The van der Waals surface area contributed by atoms with E-state index in [-0.39, 0.29) is 21.5 Å². The number of sulfonamides is 1. The van der Waals surface area contributed by atoms with Crippen LogP contribution in [0.15, 0.2) is 57.8 Å². The molecule has 0 spiro atoms. The van der Waals surface area contributed by atoms with Crippen molar-refractivity contribution in [2.24, 2.45) is 0 Å². The Hall–Kier alpha value is -3.16. The molecule has 186 valence electrons. The number of anilines is 2. The van der Waals surface area contributed by atoms with Gasteiger partial charge in [0.05, 0.1) is 30.1 Å². The quantitative estimate of drug-likeness (QED) is 0.223. The lowest BCUT2D eigenvalue weighted by Gasteiger charge is -2.25. The summed E-state index contributed by atoms with van der Waals surface area (Å²) < 4.78 is 38.9. The summed E-state index contributed by atoms with van der Waals surface area (Å²) in [5.74, 6) is -0.653. The number of thioether (sulfide) groups is 1. The Morgan fingerprint density at radius 3 is 2.51 bits per heavy atom. The molecule has 2 aromatic carbocycles. The molecule has 0 aliphatic heterocycles. The van der Waals surface area contributed by atoms with Crippen molar-refractivity contribution in [1.29, 1.82) is 0 Å². The number of ether oxygens (including phenoxy) is 2. The molecule has 35 heavy (non-hydrogen) atoms. The summed E-state index contributed by atoms with van der Waals surface area (Å²) in [5, 5.41) is 10.6. The maximum absolute atomic E-state index is 13.6. The zero-order valence-electron chi connectivity index (χ0n) is 19.3. The highest BCUT2D eigenvalue weighted by molar-refractivity contribution is 8.01. The normalized spacial score (nSPS) is 11.1. The average molecular weight is 537 g/mol. The van der Waals surface area contributed by atoms with Crippen LogP contribution >= 0.6 is 23.1 Å². The predicted molar refractivity (Wildman–Crippen MR) is 135 cm³/mol. The lowest BCUT2D eigenvalue weighted by molar-refractivity contribution is -0.137. The highest BCUT2D eigenvalue weighted by Gasteiger charge is 2.29. The number of nitrogens with one attached hydrogen (secondary N) is 1. The molecule has 0 aliphatic rings. The van der Waals surface area contributed by atoms with Gasteiger partial charge >= 0.3 is 5.97 Å². The highest BCUT2D eigenvalue weighted by Crippen LogP contribution is 2.33. The molecule has 0 fully saturated rings. The van der Waals surface area contributed by atoms with Gasteiger partial charge in [0.25, 0.3) is 10.0 Å². The number of amides is 1. The Kier molecular flexibility index (Phi) is 9.07. The Labute approximate surface area is 211 Å². The lowest BCUT2D eigenvalue weighted by atomic mass is 10.2. The van der Waals surface area contributed by atoms with Crippen LogP contribution in [0.3, 0.4) is 0 Å². The second-order valence-electron chi connectivity index (χ2n) is 7.01. The van der Waals surface area contributed by atoms with Crippen molar-refractivity contribution in [2.75, 3.05) is 35.6 Å². The first kappa shape index (κ1) is 26.4. The maximum atomic E-state index is 13.6. The van der Waals surface area contributed by atoms with Crippen molar-refractivity contribution in [3.05, 3.63) is 54.1 Å². The van der Waals surface area contributed by atoms with Crippen molar-refractivity contribution in [3.8, 4) is 5.75 Å². The summed E-state index contributed by atoms with van der Waals surface area (Å²) in [6.07, 6.45) is 0. The lowest BCUT2D eigenvalue weighted by Crippen LogP contribution is -2.38. The number of aromatic nitrogens is 2. The number of carbonyl (C=O) groups excluding carboxylic acids is 2. The number of nitrogens with zero attached hydrogens (tertiary/aromatic N) is 3. The third-order valence-electron chi connectivity index (χ3n) is 4.52. The number of rotatable bonds is 11. The van der Waals surface area contributed by atoms with Gasteiger partial charge in [0, 0.05) is 0 Å². The number of esters is 1. The minimum Gasteiger partial charge on any atom is -0.492 e. The molecule has 3 aromatic rings. The fourth-order valence-electron chi connectivity index (χ4n) is 2.87. The van der Waals surface area contributed by atoms with Crippen LogP contribution in [0, 0.1) is 6.92 Å². The van der Waals surface area contributed by atoms with Gasteiger partial charge in [-0.1, -0.05) is 52.9 Å². The molecule has 3 rings (SSSR count). The van der Waals surface area contributed by atoms with Crippen molar-refractivity contribution >= 4 is 55.8 Å². The number of benzene rings is 2. The van der Waals surface area contributed by atoms with Crippen LogP contribution in [0.5, 0.6) is 5.75 Å². The second-order valence-corrected chi connectivity index (χ2v) is 11.1. The van der Waals surface area contributed by atoms with E-state index in [1.165, 1.54) is 19.2 Å². The number of hydrogen-bond acceptors (Lipinski definition) is 10. The standard InChI is InChI=1S/C22H24N4O6S3/c1-4-32-18-8-6-5-7-17(18)26(35(29,30)16-11-9-15(2)10-12-16)13-19(27)23-21-24-25-22(34-21)33-14-20(28)31-3/h5-12H,4,13-14H2,1-3H3,(H,23,24,27). The second kappa shape index (κ2) is 12.0. The SMILES string of the molecule is CCOc1ccccc1N(CC(=O)Nc1nnc(SCC(=O)OC)s1)S(=O)(=O)c1ccc(C)cc1. The average Bonchev–Trinajstić information content (AvgIpc) is 3.29. The van der Waals surface area contributed by atoms with Gasteiger partial charge in [-0.15, -0.1) is 10.2 Å². The zero-order valence-corrected chi connectivity index (χ0v) is 21.7. The van der Waals surface area contributed by atoms with Gasteiger partial charge < -0.3 is 9.47 Å². The third kappa shape index (κ3) is 6.93. The molecular weight excluding hydrogens is 512 g/mol. The maximum Gasteiger partial charge on any atom is 0.316 e. The molecule has 0 radical (unpaired) electrons. The van der Waals surface area contributed by atoms with Crippen LogP contribution in [0.4, 0.5) is 10.8 Å². The topological polar surface area (TPSA) is 128 Å². The van der Waals surface area contributed by atoms with Crippen molar-refractivity contribution < 1.29 is 27.5 Å². The molecule has 0 atom stereocenters. The van der Waals surface area contributed by atoms with Crippen LogP contribution in [0.2, 0.25) is 0 Å². The van der Waals surface area contributed by atoms with Crippen LogP contribution in [-0.2, 0) is 24.3 Å². The van der Waals surface area contributed by atoms with E-state index in [0.29, 0.717) is 16.7 Å². The molecule has 1 heterocycles. The monoisotopic (exact) mass is 536 g/mol. The molecule has 1 amide bonds. The van der Waals surface area contributed by atoms with Crippen molar-refractivity contribution in [2.45, 2.75) is 23.1 Å². The molecule has 1 aromatic heterocycles. The number of aryl methyl sites for hydroxylation is 1. The summed E-state index contributed by atoms with van der Waals surface area (Å²) in [5.41, 5.74) is 1.14. The first-order valence-corrected chi connectivity index (χ1v) is 13.6. The molecule has 13 heteroatoms. The molecule has 10 nitrogen and oxygen atoms in total. The van der Waals surface area contributed by atoms with E-state index < -0.39 is 28.4 Å². The van der Waals surface area contributed by atoms with E-state index >= 15 is 0 Å². The highest BCUT2D eigenvalue weighted by atomic mass is 32.2. The van der Waals surface area contributed by atoms with Gasteiger partial charge in [-0.2, -0.15) is 0 Å². The number of hydrogen-bond donors (Lipinski definition) is 1. The van der Waals surface area contributed by atoms with Crippen LogP contribution in [0.1, 0.15) is 12.5 Å². The molecule has 1 N–H and O–H groups in total. The Bertz CT molecular complexity index is 1280. The Morgan fingerprint density at radius 1 is 1.11 bits per heavy atom. The number of para-hydroxylation sites is 2. The first-order chi connectivity index (χ1) is 16.7. The summed E-state index contributed by atoms with van der Waals surface area (Å²) in [7, 11) is -2.82. The first-order valence-electron chi connectivity index (χ1n) is 10.4. The fraction of sp³-hybridized carbons (Fsp3) is 0.273. The molecule has 0 saturated carbocycles. The Balaban J connectivity index is 1.86. The van der Waals surface area contributed by atoms with Gasteiger partial charge in [0.2, 0.25) is 11.0 Å². The van der Waals surface area contributed by atoms with Crippen LogP contribution in [0.25, 0.3) is 0 Å². The van der Waals surface area contributed by atoms with E-state index in [9.17, 15) is 18.0 Å². The van der Waals surface area contributed by atoms with Crippen LogP contribution < -0.4 is 14.4 Å². The zero-order chi connectivity index (χ0) is 25.4. The predicted octanol–water partition coefficient (Wildman–Crippen LogP) is 3.34. The van der Waals surface area contributed by atoms with Gasteiger partial charge in [0.15, 0.2) is 4.34 Å². The smallest absolute Gasteiger partial charge is 0.316 e. The number of carbonyl (C=O) groups is 2. The van der Waals surface area contributed by atoms with E-state index in [4.69, 9.17) is 4.74 Å². The van der Waals surface area contributed by atoms with Gasteiger partial charge in [-0.3, -0.25) is 19.2 Å². The fourth-order valence-corrected chi connectivity index (χ4v) is 5.90. The molecule has 0 aliphatic carbocycles. The summed E-state index contributed by atoms with van der Waals surface area (Å²) in [4.78, 5) is 24.3. The summed E-state index contributed by atoms with van der Waals surface area (Å²) in [6.45, 7) is 3.43. The minimum absolute atomic E-state index is 0.0413. The largest absolute Gasteiger partial charge is 0.492 e. The van der Waals surface area contributed by atoms with E-state index in [2.05, 4.69) is 20.3 Å². The van der Waals surface area contributed by atoms with Crippen LogP contribution in [-0.4, -0.2) is 56.5 Å². The summed E-state index contributed by atoms with van der Waals surface area (Å²) in [6, 6.07) is 13.0. The Morgan fingerprint density at radius 2 is 1.83 bits per heavy atom. The van der Waals surface area contributed by atoms with E-state index in [0.717, 1.165) is 33.0 Å². The van der Waals surface area contributed by atoms with E-state index in [1.807, 2.05) is 6.92 Å². The summed E-state index contributed by atoms with van der Waals surface area (Å²) >= 11 is 2.18. The van der Waals surface area contributed by atoms with Gasteiger partial charge in [-0.25, -0.2) is 8.42 Å². The molecule has 0 saturated heterocycles.